The van der Waals surface area contributed by atoms with Crippen LogP contribution in [0.2, 0.25) is 5.04 Å². The van der Waals surface area contributed by atoms with Crippen molar-refractivity contribution >= 4 is 30.6 Å². The highest BCUT2D eigenvalue weighted by atomic mass is 28.4. The molecule has 0 bridgehead atoms. The van der Waals surface area contributed by atoms with Gasteiger partial charge >= 0.3 is 11.9 Å². The summed E-state index contributed by atoms with van der Waals surface area (Å²) < 4.78 is 25.0. The van der Waals surface area contributed by atoms with Gasteiger partial charge in [0.2, 0.25) is 0 Å². The van der Waals surface area contributed by atoms with E-state index in [0.717, 1.165) is 10.4 Å². The Labute approximate surface area is 274 Å². The topological polar surface area (TPSA) is 140 Å². The Hall–Kier alpha value is -4.77. The van der Waals surface area contributed by atoms with Gasteiger partial charge in [-0.2, -0.15) is 0 Å². The summed E-state index contributed by atoms with van der Waals surface area (Å²) in [6.07, 6.45) is -5.46. The molecule has 1 saturated heterocycles. The maximum atomic E-state index is 13.3. The third kappa shape index (κ3) is 7.30. The minimum atomic E-state index is -3.33. The van der Waals surface area contributed by atoms with Gasteiger partial charge in [-0.15, -0.1) is 0 Å². The van der Waals surface area contributed by atoms with Crippen molar-refractivity contribution in [3.05, 3.63) is 143 Å². The molecule has 10 nitrogen and oxygen atoms in total. The number of carbonyl (C=O) groups excluding carboxylic acids is 2. The summed E-state index contributed by atoms with van der Waals surface area (Å²) in [7, 11) is -3.33. The summed E-state index contributed by atoms with van der Waals surface area (Å²) in [4.78, 5) is 29.3. The first-order valence-corrected chi connectivity index (χ1v) is 17.2. The minimum absolute atomic E-state index is 0.238. The largest absolute Gasteiger partial charge is 0.459 e. The lowest BCUT2D eigenvalue weighted by Gasteiger charge is -2.49. The van der Waals surface area contributed by atoms with E-state index in [9.17, 15) is 20.2 Å². The molecule has 4 aromatic rings. The van der Waals surface area contributed by atoms with Crippen molar-refractivity contribution in [2.24, 2.45) is 5.11 Å². The van der Waals surface area contributed by atoms with E-state index in [1.165, 1.54) is 0 Å². The average molecular weight is 652 g/mol. The summed E-state index contributed by atoms with van der Waals surface area (Å²) in [5.41, 5.74) is 10.3. The summed E-state index contributed by atoms with van der Waals surface area (Å²) in [6, 6.07) is 34.9. The van der Waals surface area contributed by atoms with Crippen molar-refractivity contribution in [3.8, 4) is 0 Å². The minimum Gasteiger partial charge on any atom is -0.459 e. The van der Waals surface area contributed by atoms with E-state index in [1.807, 2.05) is 60.7 Å². The molecule has 2 unspecified atom stereocenters. The van der Waals surface area contributed by atoms with Gasteiger partial charge in [-0.3, -0.25) is 0 Å². The number of azide groups is 1. The zero-order chi connectivity index (χ0) is 33.4. The molecule has 0 amide bonds. The highest BCUT2D eigenvalue weighted by Gasteiger charge is 2.56. The van der Waals surface area contributed by atoms with Crippen LogP contribution < -0.4 is 10.4 Å². The number of aliphatic hydroxyl groups excluding tert-OH is 1. The highest BCUT2D eigenvalue weighted by Crippen LogP contribution is 2.40. The molecule has 0 radical (unpaired) electrons. The molecule has 5 atom stereocenters. The number of aliphatic hydroxyl groups is 1. The molecular formula is C36H37N3O7Si. The lowest BCUT2D eigenvalue weighted by atomic mass is 9.97. The molecule has 1 aliphatic rings. The van der Waals surface area contributed by atoms with Crippen LogP contribution in [0.25, 0.3) is 10.4 Å². The molecular weight excluding hydrogens is 614 g/mol. The Balaban J connectivity index is 1.58. The lowest BCUT2D eigenvalue weighted by Crippen LogP contribution is -2.71. The Morgan fingerprint density at radius 1 is 0.809 bits per heavy atom. The maximum absolute atomic E-state index is 13.3. The first kappa shape index (κ1) is 33.6. The molecule has 1 N–H and O–H groups in total. The second kappa shape index (κ2) is 14.8. The smallest absolute Gasteiger partial charge is 0.338 e. The molecule has 47 heavy (non-hydrogen) atoms. The fourth-order valence-electron chi connectivity index (χ4n) is 5.90. The molecule has 11 heteroatoms. The van der Waals surface area contributed by atoms with Crippen LogP contribution in [-0.4, -0.2) is 62.6 Å². The summed E-state index contributed by atoms with van der Waals surface area (Å²) in [5.74, 6) is -1.36. The molecule has 0 aliphatic carbocycles. The zero-order valence-electron chi connectivity index (χ0n) is 26.4. The molecule has 1 heterocycles. The SMILES string of the molecule is CC(C)(C)[Si](O[C@@H]1OC(COC(=O)c2ccccc2)[C@@H](O)[C@H](OC(=O)c2ccccc2)C1N=[N+]=[N-])(c1ccccc1)c1ccccc1. The van der Waals surface area contributed by atoms with Crippen molar-refractivity contribution < 1.29 is 33.3 Å². The quantitative estimate of drug-likeness (QED) is 0.0795. The van der Waals surface area contributed by atoms with Crippen molar-refractivity contribution in [2.45, 2.75) is 56.5 Å². The molecule has 0 saturated carbocycles. The van der Waals surface area contributed by atoms with Crippen LogP contribution in [0.1, 0.15) is 41.5 Å². The first-order valence-electron chi connectivity index (χ1n) is 15.3. The zero-order valence-corrected chi connectivity index (χ0v) is 27.4. The predicted octanol–water partition coefficient (Wildman–Crippen LogP) is 5.41. The number of benzene rings is 4. The molecule has 5 rings (SSSR count). The van der Waals surface area contributed by atoms with E-state index >= 15 is 0 Å². The van der Waals surface area contributed by atoms with Crippen LogP contribution in [0.3, 0.4) is 0 Å². The van der Waals surface area contributed by atoms with E-state index in [2.05, 4.69) is 30.8 Å². The van der Waals surface area contributed by atoms with Crippen LogP contribution in [0.5, 0.6) is 0 Å². The molecule has 242 valence electrons. The second-order valence-electron chi connectivity index (χ2n) is 12.2. The molecule has 1 aliphatic heterocycles. The first-order chi connectivity index (χ1) is 22.7. The second-order valence-corrected chi connectivity index (χ2v) is 16.5. The molecule has 0 spiro atoms. The number of carbonyl (C=O) groups is 2. The number of nitrogens with zero attached hydrogens (tertiary/aromatic N) is 3. The number of hydrogen-bond donors (Lipinski definition) is 1. The van der Waals surface area contributed by atoms with E-state index in [1.54, 1.807) is 60.7 Å². The lowest BCUT2D eigenvalue weighted by molar-refractivity contribution is -0.241. The Kier molecular flexibility index (Phi) is 10.5. The summed E-state index contributed by atoms with van der Waals surface area (Å²) in [5, 5.41) is 16.9. The van der Waals surface area contributed by atoms with Gasteiger partial charge < -0.3 is 23.7 Å². The van der Waals surface area contributed by atoms with Crippen molar-refractivity contribution in [1.29, 1.82) is 0 Å². The van der Waals surface area contributed by atoms with E-state index in [-0.39, 0.29) is 5.56 Å². The normalized spacial score (nSPS) is 21.2. The molecule has 1 fully saturated rings. The third-order valence-corrected chi connectivity index (χ3v) is 13.2. The third-order valence-electron chi connectivity index (χ3n) is 8.18. The maximum Gasteiger partial charge on any atom is 0.338 e. The van der Waals surface area contributed by atoms with Crippen LogP contribution in [0.4, 0.5) is 0 Å². The van der Waals surface area contributed by atoms with Crippen LogP contribution in [0.15, 0.2) is 126 Å². The van der Waals surface area contributed by atoms with Crippen LogP contribution >= 0.6 is 0 Å². The Morgan fingerprint density at radius 3 is 1.74 bits per heavy atom. The number of esters is 2. The monoisotopic (exact) mass is 651 g/mol. The fraction of sp³-hybridized carbons (Fsp3) is 0.278. The van der Waals surface area contributed by atoms with Crippen molar-refractivity contribution in [2.75, 3.05) is 6.61 Å². The van der Waals surface area contributed by atoms with Gasteiger partial charge in [0, 0.05) is 4.91 Å². The Bertz CT molecular complexity index is 1640. The van der Waals surface area contributed by atoms with Gasteiger partial charge in [0.1, 0.15) is 31.0 Å². The van der Waals surface area contributed by atoms with Gasteiger partial charge in [-0.05, 0) is 45.2 Å². The molecule has 0 aromatic heterocycles. The number of hydrogen-bond acceptors (Lipinski definition) is 8. The number of ether oxygens (including phenoxy) is 3. The van der Waals surface area contributed by atoms with Crippen molar-refractivity contribution in [3.63, 3.8) is 0 Å². The average Bonchev–Trinajstić information content (AvgIpc) is 3.09. The van der Waals surface area contributed by atoms with E-state index in [0.29, 0.717) is 5.56 Å². The number of rotatable bonds is 10. The van der Waals surface area contributed by atoms with Gasteiger partial charge in [-0.25, -0.2) is 9.59 Å². The van der Waals surface area contributed by atoms with Crippen LogP contribution in [0, 0.1) is 0 Å². The van der Waals surface area contributed by atoms with E-state index in [4.69, 9.17) is 18.6 Å². The van der Waals surface area contributed by atoms with Gasteiger partial charge in [0.25, 0.3) is 8.32 Å². The van der Waals surface area contributed by atoms with Gasteiger partial charge in [0.05, 0.1) is 11.1 Å². The highest BCUT2D eigenvalue weighted by molar-refractivity contribution is 6.99. The van der Waals surface area contributed by atoms with Gasteiger partial charge in [-0.1, -0.05) is 123 Å². The van der Waals surface area contributed by atoms with Gasteiger partial charge in [0.15, 0.2) is 6.29 Å². The Morgan fingerprint density at radius 2 is 1.28 bits per heavy atom. The fourth-order valence-corrected chi connectivity index (χ4v) is 10.5. The van der Waals surface area contributed by atoms with Crippen molar-refractivity contribution in [1.82, 2.24) is 0 Å². The summed E-state index contributed by atoms with van der Waals surface area (Å²) in [6.45, 7) is 5.83. The standard InChI is InChI=1S/C36H37N3O7Si/c1-36(2,3)47(27-20-12-6-13-21-27,28-22-14-7-15-23-28)46-35-30(38-39-37)32(45-34(42)26-18-10-5-11-19-26)31(40)29(44-35)24-43-33(41)25-16-8-4-9-17-25/h4-23,29-32,35,40H,24H2,1-3H3/t29?,30?,31-,32-,35+/m1/s1. The summed E-state index contributed by atoms with van der Waals surface area (Å²) >= 11 is 0. The van der Waals surface area contributed by atoms with E-state index < -0.39 is 62.5 Å². The molecule has 4 aromatic carbocycles. The van der Waals surface area contributed by atoms with Crippen LogP contribution in [-0.2, 0) is 18.6 Å². The predicted molar refractivity (Wildman–Crippen MR) is 179 cm³/mol.